The van der Waals surface area contributed by atoms with Crippen LogP contribution in [0.4, 0.5) is 11.6 Å². The standard InChI is InChI=1S/C33H27N5O4S/c1-36(43(41,42)22-10-3-2-4-11-22)31-32(35-28-17-8-7-16-27(28)34-31)37-18-20-38(21-19-37)33(40)26-15-9-14-24-23-12-5-6-13-25(23)30(39)29(24)26/h2-17H,18-21H2,1H3. The van der Waals surface area contributed by atoms with Gasteiger partial charge in [-0.25, -0.2) is 22.7 Å². The summed E-state index contributed by atoms with van der Waals surface area (Å²) in [4.78, 5) is 40.5. The molecular weight excluding hydrogens is 562 g/mol. The van der Waals surface area contributed by atoms with Gasteiger partial charge < -0.3 is 9.80 Å². The van der Waals surface area contributed by atoms with E-state index in [-0.39, 0.29) is 22.4 Å². The minimum Gasteiger partial charge on any atom is -0.350 e. The monoisotopic (exact) mass is 589 g/mol. The van der Waals surface area contributed by atoms with Crippen LogP contribution < -0.4 is 9.21 Å². The number of anilines is 2. The first-order valence-corrected chi connectivity index (χ1v) is 15.4. The summed E-state index contributed by atoms with van der Waals surface area (Å²) in [5, 5.41) is 0. The minimum absolute atomic E-state index is 0.132. The number of ketones is 1. The van der Waals surface area contributed by atoms with Gasteiger partial charge in [-0.3, -0.25) is 9.59 Å². The van der Waals surface area contributed by atoms with E-state index in [0.29, 0.717) is 59.7 Å². The Morgan fingerprint density at radius 2 is 1.33 bits per heavy atom. The molecule has 0 saturated carbocycles. The number of nitrogens with zero attached hydrogens (tertiary/aromatic N) is 5. The van der Waals surface area contributed by atoms with Crippen LogP contribution in [0.25, 0.3) is 22.2 Å². The number of piperazine rings is 1. The van der Waals surface area contributed by atoms with E-state index in [2.05, 4.69) is 0 Å². The second-order valence-electron chi connectivity index (χ2n) is 10.5. The lowest BCUT2D eigenvalue weighted by atomic mass is 9.99. The topological polar surface area (TPSA) is 104 Å². The van der Waals surface area contributed by atoms with Crippen molar-refractivity contribution < 1.29 is 18.0 Å². The lowest BCUT2D eigenvalue weighted by Crippen LogP contribution is -2.49. The van der Waals surface area contributed by atoms with E-state index in [1.807, 2.05) is 53.4 Å². The SMILES string of the molecule is CN(c1nc2ccccc2nc1N1CCN(C(=O)c2cccc3c2C(=O)c2ccccc2-3)CC1)S(=O)(=O)c1ccccc1. The number of para-hydroxylation sites is 2. The van der Waals surface area contributed by atoms with E-state index in [4.69, 9.17) is 9.97 Å². The van der Waals surface area contributed by atoms with E-state index in [1.54, 1.807) is 53.4 Å². The van der Waals surface area contributed by atoms with Crippen molar-refractivity contribution in [2.75, 3.05) is 42.4 Å². The summed E-state index contributed by atoms with van der Waals surface area (Å²) < 4.78 is 28.3. The van der Waals surface area contributed by atoms with Crippen molar-refractivity contribution in [1.82, 2.24) is 14.9 Å². The third-order valence-corrected chi connectivity index (χ3v) is 9.85. The highest BCUT2D eigenvalue weighted by Gasteiger charge is 2.34. The number of aromatic nitrogens is 2. The molecule has 1 aromatic heterocycles. The second kappa shape index (κ2) is 10.3. The first-order chi connectivity index (χ1) is 20.8. The largest absolute Gasteiger partial charge is 0.350 e. The number of hydrogen-bond donors (Lipinski definition) is 0. The molecule has 0 unspecified atom stereocenters. The molecular formula is C33H27N5O4S. The summed E-state index contributed by atoms with van der Waals surface area (Å²) in [6, 6.07) is 28.4. The molecule has 0 bridgehead atoms. The van der Waals surface area contributed by atoms with Gasteiger partial charge in [-0.05, 0) is 41.5 Å². The summed E-state index contributed by atoms with van der Waals surface area (Å²) in [6.07, 6.45) is 0. The zero-order valence-electron chi connectivity index (χ0n) is 23.3. The van der Waals surface area contributed by atoms with Crippen molar-refractivity contribution in [2.45, 2.75) is 4.90 Å². The Morgan fingerprint density at radius 1 is 0.721 bits per heavy atom. The smallest absolute Gasteiger partial charge is 0.265 e. The lowest BCUT2D eigenvalue weighted by Gasteiger charge is -2.37. The summed E-state index contributed by atoms with van der Waals surface area (Å²) in [7, 11) is -2.43. The predicted octanol–water partition coefficient (Wildman–Crippen LogP) is 4.63. The Morgan fingerprint density at radius 3 is 2.05 bits per heavy atom. The molecule has 1 saturated heterocycles. The third kappa shape index (κ3) is 4.42. The number of hydrogen-bond acceptors (Lipinski definition) is 7. The van der Waals surface area contributed by atoms with Crippen LogP contribution in [0.1, 0.15) is 26.3 Å². The zero-order chi connectivity index (χ0) is 29.7. The van der Waals surface area contributed by atoms with E-state index in [0.717, 1.165) is 11.1 Å². The van der Waals surface area contributed by atoms with E-state index >= 15 is 0 Å². The molecule has 5 aromatic rings. The van der Waals surface area contributed by atoms with Crippen LogP contribution in [0.3, 0.4) is 0 Å². The molecule has 1 fully saturated rings. The van der Waals surface area contributed by atoms with Crippen LogP contribution in [-0.2, 0) is 10.0 Å². The molecule has 1 aliphatic heterocycles. The fourth-order valence-corrected chi connectivity index (χ4v) is 6.98. The molecule has 214 valence electrons. The molecule has 1 aliphatic carbocycles. The van der Waals surface area contributed by atoms with Gasteiger partial charge >= 0.3 is 0 Å². The second-order valence-corrected chi connectivity index (χ2v) is 12.5. The number of amides is 1. The predicted molar refractivity (Wildman–Crippen MR) is 165 cm³/mol. The van der Waals surface area contributed by atoms with Gasteiger partial charge in [0, 0.05) is 44.4 Å². The molecule has 2 aliphatic rings. The maximum absolute atomic E-state index is 13.8. The molecule has 0 atom stereocenters. The molecule has 0 spiro atoms. The summed E-state index contributed by atoms with van der Waals surface area (Å²) in [5.41, 5.74) is 4.30. The normalized spacial score (nSPS) is 14.5. The molecule has 0 N–H and O–H groups in total. The van der Waals surface area contributed by atoms with Crippen LogP contribution >= 0.6 is 0 Å². The van der Waals surface area contributed by atoms with Crippen molar-refractivity contribution in [1.29, 1.82) is 0 Å². The third-order valence-electron chi connectivity index (χ3n) is 8.08. The number of rotatable bonds is 5. The van der Waals surface area contributed by atoms with Gasteiger partial charge in [-0.2, -0.15) is 0 Å². The molecule has 0 radical (unpaired) electrons. The summed E-state index contributed by atoms with van der Waals surface area (Å²) in [6.45, 7) is 1.56. The molecule has 9 nitrogen and oxygen atoms in total. The van der Waals surface area contributed by atoms with Crippen molar-refractivity contribution in [3.8, 4) is 11.1 Å². The number of carbonyl (C=O) groups is 2. The van der Waals surface area contributed by atoms with E-state index in [1.165, 1.54) is 11.4 Å². The Hall–Kier alpha value is -5.09. The highest BCUT2D eigenvalue weighted by atomic mass is 32.2. The van der Waals surface area contributed by atoms with E-state index < -0.39 is 10.0 Å². The first-order valence-electron chi connectivity index (χ1n) is 14.0. The minimum atomic E-state index is -3.91. The Balaban J connectivity index is 1.18. The highest BCUT2D eigenvalue weighted by molar-refractivity contribution is 7.92. The fourth-order valence-electron chi connectivity index (χ4n) is 5.81. The number of fused-ring (bicyclic) bond motifs is 4. The first kappa shape index (κ1) is 26.8. The van der Waals surface area contributed by atoms with Crippen LogP contribution in [0.2, 0.25) is 0 Å². The zero-order valence-corrected chi connectivity index (χ0v) is 24.2. The Bertz CT molecular complexity index is 2020. The summed E-state index contributed by atoms with van der Waals surface area (Å²) >= 11 is 0. The van der Waals surface area contributed by atoms with Crippen molar-refractivity contribution in [3.05, 3.63) is 114 Å². The molecule has 2 heterocycles. The van der Waals surface area contributed by atoms with Gasteiger partial charge in [0.05, 0.1) is 21.5 Å². The summed E-state index contributed by atoms with van der Waals surface area (Å²) in [5.74, 6) is 0.309. The van der Waals surface area contributed by atoms with Crippen molar-refractivity contribution in [2.24, 2.45) is 0 Å². The lowest BCUT2D eigenvalue weighted by molar-refractivity contribution is 0.0742. The van der Waals surface area contributed by atoms with Gasteiger partial charge in [0.2, 0.25) is 0 Å². The van der Waals surface area contributed by atoms with Crippen LogP contribution in [0.5, 0.6) is 0 Å². The molecule has 10 heteroatoms. The average molecular weight is 590 g/mol. The van der Waals surface area contributed by atoms with Crippen molar-refractivity contribution in [3.63, 3.8) is 0 Å². The Kier molecular flexibility index (Phi) is 6.43. The molecule has 1 amide bonds. The fraction of sp³-hybridized carbons (Fsp3) is 0.152. The van der Waals surface area contributed by atoms with Gasteiger partial charge in [0.25, 0.3) is 15.9 Å². The van der Waals surface area contributed by atoms with Gasteiger partial charge in [-0.1, -0.05) is 66.7 Å². The van der Waals surface area contributed by atoms with Gasteiger partial charge in [0.1, 0.15) is 0 Å². The number of sulfonamides is 1. The Labute approximate surface area is 249 Å². The number of carbonyl (C=O) groups excluding carboxylic acids is 2. The number of benzene rings is 4. The van der Waals surface area contributed by atoms with Gasteiger partial charge in [0.15, 0.2) is 17.4 Å². The highest BCUT2D eigenvalue weighted by Crippen LogP contribution is 2.39. The van der Waals surface area contributed by atoms with Crippen LogP contribution in [0, 0.1) is 0 Å². The maximum Gasteiger partial charge on any atom is 0.265 e. The average Bonchev–Trinajstić information content (AvgIpc) is 3.35. The molecule has 4 aromatic carbocycles. The van der Waals surface area contributed by atoms with Crippen LogP contribution in [0.15, 0.2) is 102 Å². The quantitative estimate of drug-likeness (QED) is 0.289. The van der Waals surface area contributed by atoms with Gasteiger partial charge in [-0.15, -0.1) is 0 Å². The van der Waals surface area contributed by atoms with Crippen LogP contribution in [-0.4, -0.2) is 68.2 Å². The molecule has 43 heavy (non-hydrogen) atoms. The maximum atomic E-state index is 13.8. The van der Waals surface area contributed by atoms with Crippen molar-refractivity contribution >= 4 is 44.4 Å². The molecule has 7 rings (SSSR count). The van der Waals surface area contributed by atoms with E-state index in [9.17, 15) is 18.0 Å².